The lowest BCUT2D eigenvalue weighted by Crippen LogP contribution is -2.23. The van der Waals surface area contributed by atoms with E-state index in [4.69, 9.17) is 10.2 Å². The Labute approximate surface area is 84.6 Å². The van der Waals surface area contributed by atoms with E-state index >= 15 is 0 Å². The lowest BCUT2D eigenvalue weighted by Gasteiger charge is -2.03. The fraction of sp³-hybridized carbons (Fsp3) is 0.500. The molecular weight excluding hydrogens is 208 g/mol. The number of rotatable bonds is 5. The molecule has 0 aromatic rings. The predicted octanol–water partition coefficient (Wildman–Crippen LogP) is -1.13. The Hall–Kier alpha value is -1.76. The third kappa shape index (κ3) is 5.53. The van der Waals surface area contributed by atoms with Crippen LogP contribution in [-0.2, 0) is 23.9 Å². The van der Waals surface area contributed by atoms with E-state index in [1.807, 2.05) is 0 Å². The van der Waals surface area contributed by atoms with Crippen LogP contribution in [0.3, 0.4) is 0 Å². The number of hydrogen-bond donors (Lipinski definition) is 2. The summed E-state index contributed by atoms with van der Waals surface area (Å²) in [4.78, 5) is 41.8. The van der Waals surface area contributed by atoms with Crippen molar-refractivity contribution in [2.75, 3.05) is 0 Å². The zero-order valence-corrected chi connectivity index (χ0v) is 7.93. The molecule has 0 radical (unpaired) electrons. The highest BCUT2D eigenvalue weighted by Crippen LogP contribution is 1.99. The van der Waals surface area contributed by atoms with Gasteiger partial charge < -0.3 is 14.9 Å². The first kappa shape index (κ1) is 13.2. The van der Waals surface area contributed by atoms with E-state index in [9.17, 15) is 19.2 Å². The maximum atomic E-state index is 10.8. The number of carbonyl (C=O) groups is 4. The van der Waals surface area contributed by atoms with Gasteiger partial charge in [0.25, 0.3) is 0 Å². The van der Waals surface area contributed by atoms with Crippen molar-refractivity contribution in [3.05, 3.63) is 0 Å². The van der Waals surface area contributed by atoms with Gasteiger partial charge in [0.1, 0.15) is 0 Å². The molecule has 0 aromatic carbocycles. The van der Waals surface area contributed by atoms with Crippen molar-refractivity contribution in [1.29, 1.82) is 0 Å². The maximum Gasteiger partial charge on any atom is 0.381 e. The van der Waals surface area contributed by atoms with E-state index in [0.29, 0.717) is 0 Å². The summed E-state index contributed by atoms with van der Waals surface area (Å²) in [5, 5.41) is 17.0. The molecule has 0 spiro atoms. The number of carboxylic acid groups (broad SMARTS) is 1. The summed E-state index contributed by atoms with van der Waals surface area (Å²) in [6.07, 6.45) is -2.52. The number of aliphatic hydroxyl groups excluding tert-OH is 1. The second kappa shape index (κ2) is 5.86. The van der Waals surface area contributed by atoms with E-state index in [1.54, 1.807) is 0 Å². The van der Waals surface area contributed by atoms with Crippen LogP contribution in [0, 0.1) is 0 Å². The fourth-order valence-corrected chi connectivity index (χ4v) is 0.604. The molecule has 0 aliphatic heterocycles. The molecule has 0 aromatic heterocycles. The van der Waals surface area contributed by atoms with Crippen LogP contribution in [0.25, 0.3) is 0 Å². The fourth-order valence-electron chi connectivity index (χ4n) is 0.604. The molecule has 15 heavy (non-hydrogen) atoms. The van der Waals surface area contributed by atoms with Gasteiger partial charge in [0.15, 0.2) is 6.10 Å². The highest BCUT2D eigenvalue weighted by molar-refractivity contribution is 6.34. The molecular formula is C8H10O7. The van der Waals surface area contributed by atoms with E-state index in [2.05, 4.69) is 4.74 Å². The normalized spacial score (nSPS) is 11.6. The molecule has 84 valence electrons. The van der Waals surface area contributed by atoms with Gasteiger partial charge in [-0.1, -0.05) is 0 Å². The summed E-state index contributed by atoms with van der Waals surface area (Å²) in [6.45, 7) is 0.932. The molecule has 0 fully saturated rings. The van der Waals surface area contributed by atoms with Gasteiger partial charge in [-0.15, -0.1) is 0 Å². The summed E-state index contributed by atoms with van der Waals surface area (Å²) in [6, 6.07) is 0. The van der Waals surface area contributed by atoms with Crippen molar-refractivity contribution in [2.45, 2.75) is 25.9 Å². The van der Waals surface area contributed by atoms with Crippen LogP contribution < -0.4 is 0 Å². The van der Waals surface area contributed by atoms with Gasteiger partial charge in [0.05, 0.1) is 0 Å². The molecule has 2 N–H and O–H groups in total. The van der Waals surface area contributed by atoms with Crippen molar-refractivity contribution in [3.63, 3.8) is 0 Å². The zero-order chi connectivity index (χ0) is 12.0. The number of hydrogen-bond acceptors (Lipinski definition) is 6. The topological polar surface area (TPSA) is 118 Å². The average molecular weight is 218 g/mol. The van der Waals surface area contributed by atoms with Gasteiger partial charge in [-0.2, -0.15) is 0 Å². The number of Topliss-reactive ketones (excluding diaryl/α,β-unsaturated/α-hetero) is 1. The zero-order valence-electron chi connectivity index (χ0n) is 7.93. The molecule has 0 aliphatic carbocycles. The Morgan fingerprint density at radius 1 is 1.27 bits per heavy atom. The van der Waals surface area contributed by atoms with Gasteiger partial charge in [0.2, 0.25) is 5.78 Å². The largest absolute Gasteiger partial charge is 0.479 e. The van der Waals surface area contributed by atoms with E-state index in [-0.39, 0.29) is 6.42 Å². The molecule has 1 atom stereocenters. The Kier molecular flexibility index (Phi) is 5.18. The van der Waals surface area contributed by atoms with Crippen LogP contribution in [0.15, 0.2) is 0 Å². The minimum absolute atomic E-state index is 0.376. The minimum Gasteiger partial charge on any atom is -0.479 e. The SMILES string of the molecule is CC(=O)C(=O)OC(=O)CCC(O)C(=O)O. The molecule has 0 heterocycles. The first-order valence-corrected chi connectivity index (χ1v) is 4.01. The van der Waals surface area contributed by atoms with Gasteiger partial charge >= 0.3 is 17.9 Å². The van der Waals surface area contributed by atoms with Crippen molar-refractivity contribution in [1.82, 2.24) is 0 Å². The first-order chi connectivity index (χ1) is 6.84. The standard InChI is InChI=1S/C8H10O7/c1-4(9)8(14)15-6(11)3-2-5(10)7(12)13/h5,10H,2-3H2,1H3,(H,12,13). The molecule has 0 rings (SSSR count). The van der Waals surface area contributed by atoms with Crippen LogP contribution >= 0.6 is 0 Å². The lowest BCUT2D eigenvalue weighted by molar-refractivity contribution is -0.164. The molecule has 7 nitrogen and oxygen atoms in total. The summed E-state index contributed by atoms with van der Waals surface area (Å²) in [5.74, 6) is -4.75. The Balaban J connectivity index is 3.91. The summed E-state index contributed by atoms with van der Waals surface area (Å²) in [7, 11) is 0. The van der Waals surface area contributed by atoms with E-state index < -0.39 is 36.2 Å². The van der Waals surface area contributed by atoms with Gasteiger partial charge in [-0.3, -0.25) is 9.59 Å². The number of aliphatic carboxylic acids is 1. The van der Waals surface area contributed by atoms with Crippen LogP contribution in [-0.4, -0.2) is 40.0 Å². The second-order valence-corrected chi connectivity index (χ2v) is 2.71. The van der Waals surface area contributed by atoms with Crippen molar-refractivity contribution in [2.24, 2.45) is 0 Å². The Morgan fingerprint density at radius 3 is 2.20 bits per heavy atom. The molecule has 0 saturated carbocycles. The second-order valence-electron chi connectivity index (χ2n) is 2.71. The quantitative estimate of drug-likeness (QED) is 0.340. The van der Waals surface area contributed by atoms with Gasteiger partial charge in [-0.25, -0.2) is 9.59 Å². The van der Waals surface area contributed by atoms with Crippen LogP contribution in [0.2, 0.25) is 0 Å². The van der Waals surface area contributed by atoms with Crippen molar-refractivity contribution >= 4 is 23.7 Å². The van der Waals surface area contributed by atoms with Gasteiger partial charge in [0, 0.05) is 13.3 Å². The third-order valence-electron chi connectivity index (χ3n) is 1.40. The van der Waals surface area contributed by atoms with Crippen LogP contribution in [0.1, 0.15) is 19.8 Å². The lowest BCUT2D eigenvalue weighted by atomic mass is 10.2. The smallest absolute Gasteiger partial charge is 0.381 e. The molecule has 7 heteroatoms. The molecule has 0 aliphatic rings. The average Bonchev–Trinajstić information content (AvgIpc) is 2.13. The maximum absolute atomic E-state index is 10.8. The summed E-state index contributed by atoms with van der Waals surface area (Å²) < 4.78 is 4.01. The number of ether oxygens (including phenoxy) is 1. The number of carbonyl (C=O) groups excluding carboxylic acids is 3. The van der Waals surface area contributed by atoms with E-state index in [0.717, 1.165) is 6.92 Å². The van der Waals surface area contributed by atoms with Crippen LogP contribution in [0.5, 0.6) is 0 Å². The van der Waals surface area contributed by atoms with Gasteiger partial charge in [-0.05, 0) is 6.42 Å². The Morgan fingerprint density at radius 2 is 1.80 bits per heavy atom. The monoisotopic (exact) mass is 218 g/mol. The molecule has 1 unspecified atom stereocenters. The number of carboxylic acids is 1. The van der Waals surface area contributed by atoms with Crippen molar-refractivity contribution in [3.8, 4) is 0 Å². The third-order valence-corrected chi connectivity index (χ3v) is 1.40. The molecule has 0 saturated heterocycles. The van der Waals surface area contributed by atoms with Crippen molar-refractivity contribution < 1.29 is 34.1 Å². The molecule has 0 amide bonds. The molecule has 0 bridgehead atoms. The number of esters is 2. The predicted molar refractivity (Wildman–Crippen MR) is 44.7 cm³/mol. The first-order valence-electron chi connectivity index (χ1n) is 4.01. The minimum atomic E-state index is -1.69. The van der Waals surface area contributed by atoms with Crippen LogP contribution in [0.4, 0.5) is 0 Å². The number of ketones is 1. The van der Waals surface area contributed by atoms with E-state index in [1.165, 1.54) is 0 Å². The number of aliphatic hydroxyl groups is 1. The highest BCUT2D eigenvalue weighted by atomic mass is 16.6. The summed E-state index contributed by atoms with van der Waals surface area (Å²) in [5.41, 5.74) is 0. The highest BCUT2D eigenvalue weighted by Gasteiger charge is 2.18. The Bertz CT molecular complexity index is 293. The summed E-state index contributed by atoms with van der Waals surface area (Å²) >= 11 is 0.